The smallest absolute Gasteiger partial charge is 0.374 e. The minimum atomic E-state index is -0.601. The molecule has 1 amide bonds. The van der Waals surface area contributed by atoms with Gasteiger partial charge >= 0.3 is 12.1 Å². The quantitative estimate of drug-likeness (QED) is 0.477. The zero-order valence-corrected chi connectivity index (χ0v) is 6.77. The van der Waals surface area contributed by atoms with Crippen molar-refractivity contribution in [3.05, 3.63) is 30.3 Å². The molecule has 0 bridgehead atoms. The summed E-state index contributed by atoms with van der Waals surface area (Å²) >= 11 is 0. The van der Waals surface area contributed by atoms with E-state index in [1.807, 2.05) is 6.07 Å². The molecule has 1 fully saturated rings. The number of carbonyl (C=O) groups is 2. The molecular formula is C9H7NO3. The molecule has 1 aromatic rings. The third-order valence-corrected chi connectivity index (χ3v) is 1.78. The summed E-state index contributed by atoms with van der Waals surface area (Å²) in [6.45, 7) is 0.00282. The average molecular weight is 177 g/mol. The first kappa shape index (κ1) is 7.79. The normalized spacial score (nSPS) is 16.2. The van der Waals surface area contributed by atoms with Gasteiger partial charge in [0.05, 0.1) is 0 Å². The SMILES string of the molecule is O=C1CN(c2ccccc2)C(=O)O1. The van der Waals surface area contributed by atoms with Crippen molar-refractivity contribution in [3.63, 3.8) is 0 Å². The molecule has 0 radical (unpaired) electrons. The molecule has 0 saturated carbocycles. The van der Waals surface area contributed by atoms with Gasteiger partial charge in [-0.1, -0.05) is 18.2 Å². The van der Waals surface area contributed by atoms with E-state index in [1.165, 1.54) is 4.90 Å². The molecule has 1 aromatic carbocycles. The van der Waals surface area contributed by atoms with Crippen molar-refractivity contribution in [2.75, 3.05) is 11.4 Å². The topological polar surface area (TPSA) is 46.6 Å². The third-order valence-electron chi connectivity index (χ3n) is 1.78. The Morgan fingerprint density at radius 3 is 2.38 bits per heavy atom. The van der Waals surface area contributed by atoms with E-state index in [9.17, 15) is 9.59 Å². The summed E-state index contributed by atoms with van der Waals surface area (Å²) in [5.74, 6) is -0.506. The summed E-state index contributed by atoms with van der Waals surface area (Å²) in [5.41, 5.74) is 0.679. The van der Waals surface area contributed by atoms with Gasteiger partial charge in [0.1, 0.15) is 6.54 Å². The van der Waals surface area contributed by atoms with Crippen LogP contribution in [0.3, 0.4) is 0 Å². The number of amides is 1. The van der Waals surface area contributed by atoms with Crippen molar-refractivity contribution in [1.82, 2.24) is 0 Å². The minimum Gasteiger partial charge on any atom is -0.374 e. The standard InChI is InChI=1S/C9H7NO3/c11-8-6-10(9(12)13-8)7-4-2-1-3-5-7/h1-5H,6H2. The van der Waals surface area contributed by atoms with E-state index in [0.717, 1.165) is 0 Å². The number of esters is 1. The van der Waals surface area contributed by atoms with Gasteiger partial charge < -0.3 is 4.74 Å². The first-order valence-electron chi connectivity index (χ1n) is 3.84. The number of cyclic esters (lactones) is 2. The number of carbonyl (C=O) groups excluding carboxylic acids is 2. The highest BCUT2D eigenvalue weighted by Crippen LogP contribution is 2.17. The predicted octanol–water partition coefficient (Wildman–Crippen LogP) is 1.17. The van der Waals surface area contributed by atoms with Gasteiger partial charge in [0.15, 0.2) is 0 Å². The number of benzene rings is 1. The number of anilines is 1. The number of nitrogens with zero attached hydrogens (tertiary/aromatic N) is 1. The summed E-state index contributed by atoms with van der Waals surface area (Å²) in [5, 5.41) is 0. The summed E-state index contributed by atoms with van der Waals surface area (Å²) in [6, 6.07) is 8.93. The van der Waals surface area contributed by atoms with Gasteiger partial charge in [0.2, 0.25) is 0 Å². The summed E-state index contributed by atoms with van der Waals surface area (Å²) in [4.78, 5) is 23.1. The highest BCUT2D eigenvalue weighted by Gasteiger charge is 2.30. The van der Waals surface area contributed by atoms with Gasteiger partial charge in [-0.05, 0) is 12.1 Å². The van der Waals surface area contributed by atoms with Gasteiger partial charge in [-0.15, -0.1) is 0 Å². The monoisotopic (exact) mass is 177 g/mol. The Morgan fingerprint density at radius 2 is 1.85 bits per heavy atom. The molecular weight excluding hydrogens is 170 g/mol. The highest BCUT2D eigenvalue weighted by molar-refractivity contribution is 6.04. The maximum absolute atomic E-state index is 11.1. The summed E-state index contributed by atoms with van der Waals surface area (Å²) in [7, 11) is 0. The maximum Gasteiger partial charge on any atom is 0.422 e. The Hall–Kier alpha value is -1.84. The van der Waals surface area contributed by atoms with E-state index in [-0.39, 0.29) is 6.54 Å². The number of hydrogen-bond acceptors (Lipinski definition) is 3. The minimum absolute atomic E-state index is 0.00282. The fourth-order valence-corrected chi connectivity index (χ4v) is 1.18. The van der Waals surface area contributed by atoms with Crippen molar-refractivity contribution in [2.24, 2.45) is 0 Å². The molecule has 0 atom stereocenters. The van der Waals surface area contributed by atoms with Crippen LogP contribution in [0.1, 0.15) is 0 Å². The van der Waals surface area contributed by atoms with E-state index in [0.29, 0.717) is 5.69 Å². The van der Waals surface area contributed by atoms with Crippen LogP contribution in [0, 0.1) is 0 Å². The lowest BCUT2D eigenvalue weighted by atomic mass is 10.3. The van der Waals surface area contributed by atoms with E-state index in [1.54, 1.807) is 24.3 Å². The lowest BCUT2D eigenvalue weighted by Gasteiger charge is -2.10. The molecule has 1 saturated heterocycles. The highest BCUT2D eigenvalue weighted by atomic mass is 16.6. The lowest BCUT2D eigenvalue weighted by Crippen LogP contribution is -2.23. The van der Waals surface area contributed by atoms with Crippen LogP contribution in [0.4, 0.5) is 10.5 Å². The molecule has 1 aliphatic rings. The molecule has 1 heterocycles. The van der Waals surface area contributed by atoms with Crippen molar-refractivity contribution < 1.29 is 14.3 Å². The van der Waals surface area contributed by atoms with Crippen molar-refractivity contribution in [1.29, 1.82) is 0 Å². The Balaban J connectivity index is 2.28. The Bertz CT molecular complexity index is 347. The van der Waals surface area contributed by atoms with Gasteiger partial charge in [-0.3, -0.25) is 4.90 Å². The molecule has 4 nitrogen and oxygen atoms in total. The number of ether oxygens (including phenoxy) is 1. The molecule has 66 valence electrons. The van der Waals surface area contributed by atoms with E-state index < -0.39 is 12.1 Å². The molecule has 0 aliphatic carbocycles. The molecule has 4 heteroatoms. The van der Waals surface area contributed by atoms with Crippen LogP contribution >= 0.6 is 0 Å². The van der Waals surface area contributed by atoms with Crippen molar-refractivity contribution in [2.45, 2.75) is 0 Å². The summed E-state index contributed by atoms with van der Waals surface area (Å²) < 4.78 is 4.38. The van der Waals surface area contributed by atoms with E-state index >= 15 is 0 Å². The zero-order valence-electron chi connectivity index (χ0n) is 6.77. The third kappa shape index (κ3) is 1.38. The van der Waals surface area contributed by atoms with E-state index in [2.05, 4.69) is 4.74 Å². The van der Waals surface area contributed by atoms with Crippen LogP contribution in [0.15, 0.2) is 30.3 Å². The van der Waals surface area contributed by atoms with Crippen molar-refractivity contribution in [3.8, 4) is 0 Å². The largest absolute Gasteiger partial charge is 0.422 e. The molecule has 13 heavy (non-hydrogen) atoms. The Labute approximate surface area is 74.7 Å². The lowest BCUT2D eigenvalue weighted by molar-refractivity contribution is -0.132. The Kier molecular flexibility index (Phi) is 1.73. The number of hydrogen-bond donors (Lipinski definition) is 0. The predicted molar refractivity (Wildman–Crippen MR) is 45.3 cm³/mol. The molecule has 0 aromatic heterocycles. The fraction of sp³-hybridized carbons (Fsp3) is 0.111. The molecule has 1 aliphatic heterocycles. The zero-order chi connectivity index (χ0) is 9.26. The van der Waals surface area contributed by atoms with Gasteiger partial charge in [-0.25, -0.2) is 9.59 Å². The van der Waals surface area contributed by atoms with Crippen LogP contribution in [-0.2, 0) is 9.53 Å². The van der Waals surface area contributed by atoms with Crippen molar-refractivity contribution >= 4 is 17.7 Å². The molecule has 0 N–H and O–H groups in total. The molecule has 0 unspecified atom stereocenters. The van der Waals surface area contributed by atoms with Crippen LogP contribution in [0.2, 0.25) is 0 Å². The summed E-state index contributed by atoms with van der Waals surface area (Å²) in [6.07, 6.45) is -0.601. The molecule has 0 spiro atoms. The van der Waals surface area contributed by atoms with E-state index in [4.69, 9.17) is 0 Å². The Morgan fingerprint density at radius 1 is 1.15 bits per heavy atom. The maximum atomic E-state index is 11.1. The second kappa shape index (κ2) is 2.90. The van der Waals surface area contributed by atoms with Crippen LogP contribution < -0.4 is 4.90 Å². The van der Waals surface area contributed by atoms with Gasteiger partial charge in [0.25, 0.3) is 0 Å². The van der Waals surface area contributed by atoms with Crippen LogP contribution in [0.5, 0.6) is 0 Å². The first-order valence-corrected chi connectivity index (χ1v) is 3.84. The second-order valence-corrected chi connectivity index (χ2v) is 2.66. The number of rotatable bonds is 1. The van der Waals surface area contributed by atoms with Gasteiger partial charge in [0, 0.05) is 5.69 Å². The van der Waals surface area contributed by atoms with Crippen LogP contribution in [0.25, 0.3) is 0 Å². The fourth-order valence-electron chi connectivity index (χ4n) is 1.18. The first-order chi connectivity index (χ1) is 6.27. The van der Waals surface area contributed by atoms with Crippen LogP contribution in [-0.4, -0.2) is 18.6 Å². The second-order valence-electron chi connectivity index (χ2n) is 2.66. The number of para-hydroxylation sites is 1. The molecule has 2 rings (SSSR count). The average Bonchev–Trinajstić information content (AvgIpc) is 2.47. The van der Waals surface area contributed by atoms with Gasteiger partial charge in [-0.2, -0.15) is 0 Å².